The number of amides is 1. The molecule has 6 heteroatoms. The van der Waals surface area contributed by atoms with Gasteiger partial charge in [-0.2, -0.15) is 0 Å². The Hall–Kier alpha value is -2.05. The minimum atomic E-state index is -0.150. The fourth-order valence-electron chi connectivity index (χ4n) is 4.33. The summed E-state index contributed by atoms with van der Waals surface area (Å²) in [6.07, 6.45) is 4.74. The highest BCUT2D eigenvalue weighted by Gasteiger charge is 2.27. The minimum absolute atomic E-state index is 0.0704. The van der Waals surface area contributed by atoms with Crippen molar-refractivity contribution in [2.75, 3.05) is 18.4 Å². The molecule has 1 amide bonds. The molecular formula is C24H30BrN3O2. The summed E-state index contributed by atoms with van der Waals surface area (Å²) in [7, 11) is 0. The van der Waals surface area contributed by atoms with Crippen LogP contribution >= 0.6 is 15.9 Å². The summed E-state index contributed by atoms with van der Waals surface area (Å²) in [5, 5.41) is 3.03. The van der Waals surface area contributed by atoms with Gasteiger partial charge in [0.15, 0.2) is 5.78 Å². The molecule has 1 aliphatic rings. The molecule has 3 atom stereocenters. The summed E-state index contributed by atoms with van der Waals surface area (Å²) in [5.41, 5.74) is 2.45. The number of nitrogens with zero attached hydrogens (tertiary/aromatic N) is 2. The van der Waals surface area contributed by atoms with Crippen LogP contribution in [0.4, 0.5) is 5.69 Å². The van der Waals surface area contributed by atoms with E-state index in [-0.39, 0.29) is 30.6 Å². The number of anilines is 1. The number of hydrogen-bond donors (Lipinski definition) is 1. The third kappa shape index (κ3) is 5.99. The van der Waals surface area contributed by atoms with E-state index in [0.29, 0.717) is 17.4 Å². The van der Waals surface area contributed by atoms with Crippen molar-refractivity contribution < 1.29 is 9.59 Å². The van der Waals surface area contributed by atoms with Crippen LogP contribution in [0.15, 0.2) is 47.2 Å². The molecule has 0 spiro atoms. The van der Waals surface area contributed by atoms with Gasteiger partial charge in [0.2, 0.25) is 5.91 Å². The Kier molecular flexibility index (Phi) is 7.78. The van der Waals surface area contributed by atoms with Crippen LogP contribution in [0, 0.1) is 11.8 Å². The van der Waals surface area contributed by atoms with E-state index < -0.39 is 0 Å². The number of halogens is 1. The number of carbonyl (C=O) groups is 2. The van der Waals surface area contributed by atoms with E-state index in [9.17, 15) is 9.59 Å². The van der Waals surface area contributed by atoms with Gasteiger partial charge in [-0.1, -0.05) is 29.8 Å². The van der Waals surface area contributed by atoms with Gasteiger partial charge in [-0.25, -0.2) is 0 Å². The van der Waals surface area contributed by atoms with Gasteiger partial charge in [-0.15, -0.1) is 0 Å². The number of rotatable bonds is 7. The number of Topliss-reactive ketones (excluding diaryl/α,β-unsaturated/α-hetero) is 1. The van der Waals surface area contributed by atoms with Crippen LogP contribution in [0.1, 0.15) is 62.0 Å². The van der Waals surface area contributed by atoms with Gasteiger partial charge in [0.05, 0.1) is 0 Å². The second-order valence-corrected chi connectivity index (χ2v) is 9.44. The maximum Gasteiger partial charge on any atom is 0.224 e. The molecule has 0 saturated carbocycles. The zero-order valence-electron chi connectivity index (χ0n) is 17.9. The summed E-state index contributed by atoms with van der Waals surface area (Å²) in [6, 6.07) is 9.61. The molecule has 1 aliphatic heterocycles. The summed E-state index contributed by atoms with van der Waals surface area (Å²) >= 11 is 3.57. The average molecular weight is 472 g/mol. The van der Waals surface area contributed by atoms with Crippen molar-refractivity contribution in [1.82, 2.24) is 9.88 Å². The zero-order chi connectivity index (χ0) is 21.7. The summed E-state index contributed by atoms with van der Waals surface area (Å²) < 4.78 is 0.993. The maximum atomic E-state index is 12.6. The standard InChI is InChI=1S/C24H30BrN3O2/c1-16-11-17(2)15-28(14-16)18(3)21-12-20(25)6-7-22(21)27-24(30)9-8-23(29)19-5-4-10-26-13-19/h4-7,10,12-13,16-18H,8-9,11,14-15H2,1-3H3,(H,27,30)/t16-,17+,18?. The molecule has 0 radical (unpaired) electrons. The van der Waals surface area contributed by atoms with Crippen molar-refractivity contribution in [3.8, 4) is 0 Å². The van der Waals surface area contributed by atoms with Crippen LogP contribution < -0.4 is 5.32 Å². The SMILES string of the molecule is CC(c1cc(Br)ccc1NC(=O)CCC(=O)c1cccnc1)N1C[C@H](C)C[C@H](C)C1. The molecule has 2 heterocycles. The van der Waals surface area contributed by atoms with Crippen LogP contribution in [-0.4, -0.2) is 34.7 Å². The van der Waals surface area contributed by atoms with E-state index in [4.69, 9.17) is 0 Å². The number of carbonyl (C=O) groups excluding carboxylic acids is 2. The third-order valence-corrected chi connectivity index (χ3v) is 6.24. The maximum absolute atomic E-state index is 12.6. The number of piperidine rings is 1. The highest BCUT2D eigenvalue weighted by Crippen LogP contribution is 2.34. The average Bonchev–Trinajstić information content (AvgIpc) is 2.72. The van der Waals surface area contributed by atoms with Gasteiger partial charge in [-0.3, -0.25) is 19.5 Å². The number of nitrogens with one attached hydrogen (secondary N) is 1. The lowest BCUT2D eigenvalue weighted by atomic mass is 9.90. The lowest BCUT2D eigenvalue weighted by Gasteiger charge is -2.39. The predicted molar refractivity (Wildman–Crippen MR) is 124 cm³/mol. The van der Waals surface area contributed by atoms with Crippen molar-refractivity contribution in [2.24, 2.45) is 11.8 Å². The molecule has 3 rings (SSSR count). The van der Waals surface area contributed by atoms with E-state index in [1.807, 2.05) is 12.1 Å². The second-order valence-electron chi connectivity index (χ2n) is 8.52. The van der Waals surface area contributed by atoms with Crippen LogP contribution in [0.2, 0.25) is 0 Å². The van der Waals surface area contributed by atoms with Crippen LogP contribution in [0.25, 0.3) is 0 Å². The predicted octanol–water partition coefficient (Wildman–Crippen LogP) is 5.48. The summed E-state index contributed by atoms with van der Waals surface area (Å²) in [5.74, 6) is 1.11. The number of benzene rings is 1. The Bertz CT molecular complexity index is 877. The number of pyridine rings is 1. The number of hydrogen-bond acceptors (Lipinski definition) is 4. The molecule has 1 saturated heterocycles. The largest absolute Gasteiger partial charge is 0.326 e. The summed E-state index contributed by atoms with van der Waals surface area (Å²) in [6.45, 7) is 8.93. The Labute approximate surface area is 187 Å². The van der Waals surface area contributed by atoms with E-state index in [1.54, 1.807) is 18.3 Å². The topological polar surface area (TPSA) is 62.3 Å². The molecule has 5 nitrogen and oxygen atoms in total. The van der Waals surface area contributed by atoms with Crippen molar-refractivity contribution >= 4 is 33.3 Å². The molecule has 1 fully saturated rings. The Balaban J connectivity index is 1.67. The lowest BCUT2D eigenvalue weighted by Crippen LogP contribution is -2.40. The molecule has 0 aliphatic carbocycles. The fourth-order valence-corrected chi connectivity index (χ4v) is 4.71. The highest BCUT2D eigenvalue weighted by molar-refractivity contribution is 9.10. The van der Waals surface area contributed by atoms with Gasteiger partial charge in [0.25, 0.3) is 0 Å². The van der Waals surface area contributed by atoms with Gasteiger partial charge in [0.1, 0.15) is 0 Å². The van der Waals surface area contributed by atoms with E-state index in [0.717, 1.165) is 28.8 Å². The third-order valence-electron chi connectivity index (χ3n) is 5.75. The van der Waals surface area contributed by atoms with Gasteiger partial charge in [0, 0.05) is 60.1 Å². The first kappa shape index (κ1) is 22.6. The first-order valence-corrected chi connectivity index (χ1v) is 11.4. The molecule has 1 aromatic carbocycles. The number of ketones is 1. The first-order valence-electron chi connectivity index (χ1n) is 10.6. The first-order chi connectivity index (χ1) is 14.3. The molecule has 1 unspecified atom stereocenters. The number of likely N-dealkylation sites (tertiary alicyclic amines) is 1. The molecule has 0 bridgehead atoms. The molecule has 30 heavy (non-hydrogen) atoms. The van der Waals surface area contributed by atoms with Gasteiger partial charge >= 0.3 is 0 Å². The molecule has 2 aromatic rings. The van der Waals surface area contributed by atoms with Crippen LogP contribution in [0.3, 0.4) is 0 Å². The Morgan fingerprint density at radius 1 is 1.20 bits per heavy atom. The zero-order valence-corrected chi connectivity index (χ0v) is 19.5. The molecule has 1 aromatic heterocycles. The molecule has 1 N–H and O–H groups in total. The lowest BCUT2D eigenvalue weighted by molar-refractivity contribution is -0.116. The Morgan fingerprint density at radius 2 is 1.93 bits per heavy atom. The van der Waals surface area contributed by atoms with Crippen LogP contribution in [-0.2, 0) is 4.79 Å². The van der Waals surface area contributed by atoms with Crippen molar-refractivity contribution in [3.63, 3.8) is 0 Å². The Morgan fingerprint density at radius 3 is 2.60 bits per heavy atom. The quantitative estimate of drug-likeness (QED) is 0.542. The van der Waals surface area contributed by atoms with Crippen molar-refractivity contribution in [2.45, 2.75) is 46.1 Å². The van der Waals surface area contributed by atoms with Crippen LogP contribution in [0.5, 0.6) is 0 Å². The van der Waals surface area contributed by atoms with E-state index in [2.05, 4.69) is 58.0 Å². The van der Waals surface area contributed by atoms with E-state index in [1.165, 1.54) is 12.6 Å². The summed E-state index contributed by atoms with van der Waals surface area (Å²) in [4.78, 5) is 31.3. The van der Waals surface area contributed by atoms with E-state index >= 15 is 0 Å². The highest BCUT2D eigenvalue weighted by atomic mass is 79.9. The fraction of sp³-hybridized carbons (Fsp3) is 0.458. The molecule has 160 valence electrons. The second kappa shape index (κ2) is 10.3. The van der Waals surface area contributed by atoms with Gasteiger partial charge < -0.3 is 5.32 Å². The minimum Gasteiger partial charge on any atom is -0.326 e. The van der Waals surface area contributed by atoms with Crippen molar-refractivity contribution in [1.29, 1.82) is 0 Å². The van der Waals surface area contributed by atoms with Gasteiger partial charge in [-0.05, 0) is 61.1 Å². The smallest absolute Gasteiger partial charge is 0.224 e. The number of aromatic nitrogens is 1. The van der Waals surface area contributed by atoms with Crippen molar-refractivity contribution in [3.05, 3.63) is 58.3 Å². The molecular weight excluding hydrogens is 442 g/mol. The normalized spacial score (nSPS) is 20.5. The monoisotopic (exact) mass is 471 g/mol.